The summed E-state index contributed by atoms with van der Waals surface area (Å²) >= 11 is 1.17. The summed E-state index contributed by atoms with van der Waals surface area (Å²) in [7, 11) is -3.55. The summed E-state index contributed by atoms with van der Waals surface area (Å²) in [6, 6.07) is 8.90. The third-order valence-electron chi connectivity index (χ3n) is 3.94. The molecule has 128 valence electrons. The molecule has 1 fully saturated rings. The van der Waals surface area contributed by atoms with E-state index in [2.05, 4.69) is 5.32 Å². The summed E-state index contributed by atoms with van der Waals surface area (Å²) in [5, 5.41) is 4.37. The zero-order chi connectivity index (χ0) is 17.2. The van der Waals surface area contributed by atoms with Crippen molar-refractivity contribution in [3.63, 3.8) is 0 Å². The molecule has 24 heavy (non-hydrogen) atoms. The Kier molecular flexibility index (Phi) is 4.98. The second-order valence-corrected chi connectivity index (χ2v) is 8.75. The summed E-state index contributed by atoms with van der Waals surface area (Å²) in [5.41, 5.74) is 0.373. The lowest BCUT2D eigenvalue weighted by Crippen LogP contribution is -2.43. The topological polar surface area (TPSA) is 66.5 Å². The maximum Gasteiger partial charge on any atom is 0.252 e. The fraction of sp³-hybridized carbons (Fsp3) is 0.312. The lowest BCUT2D eigenvalue weighted by atomic mass is 9.99. The third-order valence-corrected chi connectivity index (χ3v) is 7.17. The molecular formula is C16H17FN2O3S2. The van der Waals surface area contributed by atoms with Crippen LogP contribution in [0.15, 0.2) is 46.0 Å². The van der Waals surface area contributed by atoms with Gasteiger partial charge in [-0.3, -0.25) is 4.79 Å². The molecule has 8 heteroatoms. The second-order valence-electron chi connectivity index (χ2n) is 5.63. The SMILES string of the molecule is O=C(Nc1cccc(F)c1)[C@@H]1CCCN(S(=O)(=O)c2cccs2)C1. The number of carbonyl (C=O) groups excluding carboxylic acids is 1. The molecule has 5 nitrogen and oxygen atoms in total. The van der Waals surface area contributed by atoms with Crippen LogP contribution in [0.2, 0.25) is 0 Å². The van der Waals surface area contributed by atoms with Gasteiger partial charge in [0, 0.05) is 18.8 Å². The number of amides is 1. The molecule has 0 saturated carbocycles. The zero-order valence-corrected chi connectivity index (χ0v) is 14.4. The molecule has 0 spiro atoms. The average Bonchev–Trinajstić information content (AvgIpc) is 3.10. The largest absolute Gasteiger partial charge is 0.326 e. The van der Waals surface area contributed by atoms with Crippen molar-refractivity contribution < 1.29 is 17.6 Å². The minimum atomic E-state index is -3.55. The molecule has 3 rings (SSSR count). The Morgan fingerprint density at radius 2 is 2.12 bits per heavy atom. The van der Waals surface area contributed by atoms with Crippen molar-refractivity contribution in [3.8, 4) is 0 Å². The van der Waals surface area contributed by atoms with Gasteiger partial charge in [0.15, 0.2) is 0 Å². The van der Waals surface area contributed by atoms with Gasteiger partial charge in [0.1, 0.15) is 10.0 Å². The minimum Gasteiger partial charge on any atom is -0.326 e. The van der Waals surface area contributed by atoms with Crippen LogP contribution in [0.3, 0.4) is 0 Å². The first kappa shape index (κ1) is 17.1. The van der Waals surface area contributed by atoms with Gasteiger partial charge in [-0.1, -0.05) is 12.1 Å². The summed E-state index contributed by atoms with van der Waals surface area (Å²) in [5.74, 6) is -1.17. The first-order valence-electron chi connectivity index (χ1n) is 7.57. The van der Waals surface area contributed by atoms with E-state index >= 15 is 0 Å². The van der Waals surface area contributed by atoms with E-state index in [0.29, 0.717) is 25.1 Å². The van der Waals surface area contributed by atoms with Crippen molar-refractivity contribution in [1.29, 1.82) is 0 Å². The fourth-order valence-electron chi connectivity index (χ4n) is 2.72. The molecule has 1 amide bonds. The molecule has 1 saturated heterocycles. The van der Waals surface area contributed by atoms with Crippen LogP contribution >= 0.6 is 11.3 Å². The van der Waals surface area contributed by atoms with E-state index in [0.717, 1.165) is 0 Å². The Labute approximate surface area is 144 Å². The van der Waals surface area contributed by atoms with Gasteiger partial charge >= 0.3 is 0 Å². The van der Waals surface area contributed by atoms with Crippen LogP contribution in [-0.2, 0) is 14.8 Å². The Bertz CT molecular complexity index is 822. The van der Waals surface area contributed by atoms with Gasteiger partial charge in [0.05, 0.1) is 5.92 Å². The summed E-state index contributed by atoms with van der Waals surface area (Å²) in [6.45, 7) is 0.547. The molecule has 0 unspecified atom stereocenters. The number of benzene rings is 1. The van der Waals surface area contributed by atoms with E-state index in [-0.39, 0.29) is 16.7 Å². The lowest BCUT2D eigenvalue weighted by molar-refractivity contribution is -0.120. The maximum atomic E-state index is 13.2. The van der Waals surface area contributed by atoms with E-state index in [9.17, 15) is 17.6 Å². The number of hydrogen-bond acceptors (Lipinski definition) is 4. The molecule has 0 aliphatic carbocycles. The second kappa shape index (κ2) is 7.00. The Hall–Kier alpha value is -1.77. The number of nitrogens with one attached hydrogen (secondary N) is 1. The molecular weight excluding hydrogens is 351 g/mol. The Balaban J connectivity index is 1.70. The number of nitrogens with zero attached hydrogens (tertiary/aromatic N) is 1. The van der Waals surface area contributed by atoms with Crippen LogP contribution in [-0.4, -0.2) is 31.7 Å². The highest BCUT2D eigenvalue weighted by Gasteiger charge is 2.33. The maximum absolute atomic E-state index is 13.2. The third kappa shape index (κ3) is 3.66. The predicted molar refractivity (Wildman–Crippen MR) is 90.8 cm³/mol. The van der Waals surface area contributed by atoms with Crippen molar-refractivity contribution in [2.45, 2.75) is 17.1 Å². The molecule has 2 heterocycles. The first-order chi connectivity index (χ1) is 11.5. The summed E-state index contributed by atoms with van der Waals surface area (Å²) in [4.78, 5) is 12.4. The van der Waals surface area contributed by atoms with Gasteiger partial charge in [0.2, 0.25) is 5.91 Å². The Morgan fingerprint density at radius 1 is 1.29 bits per heavy atom. The molecule has 0 bridgehead atoms. The predicted octanol–water partition coefficient (Wildman–Crippen LogP) is 2.93. The van der Waals surface area contributed by atoms with Crippen LogP contribution < -0.4 is 5.32 Å². The smallest absolute Gasteiger partial charge is 0.252 e. The van der Waals surface area contributed by atoms with Crippen LogP contribution in [0.1, 0.15) is 12.8 Å². The monoisotopic (exact) mass is 368 g/mol. The highest BCUT2D eigenvalue weighted by molar-refractivity contribution is 7.91. The first-order valence-corrected chi connectivity index (χ1v) is 9.89. The number of rotatable bonds is 4. The van der Waals surface area contributed by atoms with Crippen LogP contribution in [0.5, 0.6) is 0 Å². The molecule has 2 aromatic rings. The quantitative estimate of drug-likeness (QED) is 0.902. The van der Waals surface area contributed by atoms with Crippen molar-refractivity contribution in [2.24, 2.45) is 5.92 Å². The van der Waals surface area contributed by atoms with E-state index < -0.39 is 21.8 Å². The van der Waals surface area contributed by atoms with Crippen molar-refractivity contribution in [3.05, 3.63) is 47.6 Å². The van der Waals surface area contributed by atoms with Crippen molar-refractivity contribution >= 4 is 33.0 Å². The number of sulfonamides is 1. The van der Waals surface area contributed by atoms with Crippen LogP contribution in [0.4, 0.5) is 10.1 Å². The van der Waals surface area contributed by atoms with Gasteiger partial charge in [-0.2, -0.15) is 4.31 Å². The standard InChI is InChI=1S/C16H17FN2O3S2/c17-13-5-1-6-14(10-13)18-16(20)12-4-2-8-19(11-12)24(21,22)15-7-3-9-23-15/h1,3,5-7,9-10,12H,2,4,8,11H2,(H,18,20)/t12-/m1/s1. The molecule has 1 aliphatic heterocycles. The van der Waals surface area contributed by atoms with E-state index in [1.54, 1.807) is 23.6 Å². The van der Waals surface area contributed by atoms with Crippen molar-refractivity contribution in [2.75, 3.05) is 18.4 Å². The number of carbonyl (C=O) groups is 1. The highest BCUT2D eigenvalue weighted by Crippen LogP contribution is 2.27. The normalized spacial score (nSPS) is 19.1. The van der Waals surface area contributed by atoms with Crippen LogP contribution in [0.25, 0.3) is 0 Å². The van der Waals surface area contributed by atoms with Gasteiger partial charge < -0.3 is 5.32 Å². The van der Waals surface area contributed by atoms with Gasteiger partial charge in [-0.15, -0.1) is 11.3 Å². The molecule has 1 atom stereocenters. The number of halogens is 1. The van der Waals surface area contributed by atoms with Gasteiger partial charge in [-0.05, 0) is 42.5 Å². The van der Waals surface area contributed by atoms with Gasteiger partial charge in [-0.25, -0.2) is 12.8 Å². The molecule has 1 aliphatic rings. The minimum absolute atomic E-state index is 0.140. The molecule has 1 aromatic carbocycles. The molecule has 1 aromatic heterocycles. The molecule has 0 radical (unpaired) electrons. The zero-order valence-electron chi connectivity index (χ0n) is 12.8. The number of piperidine rings is 1. The van der Waals surface area contributed by atoms with E-state index in [1.807, 2.05) is 0 Å². The van der Waals surface area contributed by atoms with E-state index in [4.69, 9.17) is 0 Å². The fourth-order valence-corrected chi connectivity index (χ4v) is 5.39. The summed E-state index contributed by atoms with van der Waals surface area (Å²) < 4.78 is 40.0. The Morgan fingerprint density at radius 3 is 2.83 bits per heavy atom. The van der Waals surface area contributed by atoms with E-state index in [1.165, 1.54) is 33.8 Å². The van der Waals surface area contributed by atoms with Gasteiger partial charge in [0.25, 0.3) is 10.0 Å². The number of hydrogen-bond donors (Lipinski definition) is 1. The number of thiophene rings is 1. The lowest BCUT2D eigenvalue weighted by Gasteiger charge is -2.30. The molecule has 1 N–H and O–H groups in total. The highest BCUT2D eigenvalue weighted by atomic mass is 32.2. The van der Waals surface area contributed by atoms with Crippen molar-refractivity contribution in [1.82, 2.24) is 4.31 Å². The summed E-state index contributed by atoms with van der Waals surface area (Å²) in [6.07, 6.45) is 1.23. The number of anilines is 1. The average molecular weight is 368 g/mol. The van der Waals surface area contributed by atoms with Crippen LogP contribution in [0, 0.1) is 11.7 Å².